The van der Waals surface area contributed by atoms with E-state index in [2.05, 4.69) is 72.8 Å². The summed E-state index contributed by atoms with van der Waals surface area (Å²) in [6.45, 7) is 0. The normalized spacial score (nSPS) is 17.2. The minimum absolute atomic E-state index is 1.30. The summed E-state index contributed by atoms with van der Waals surface area (Å²) in [6, 6.07) is 22.3. The van der Waals surface area contributed by atoms with E-state index >= 15 is 0 Å². The Kier molecular flexibility index (Phi) is 2.90. The first-order valence-corrected chi connectivity index (χ1v) is 11.2. The maximum absolute atomic E-state index is 2.39. The molecule has 1 heteroatoms. The zero-order chi connectivity index (χ0) is 11.6. The molecule has 0 amide bonds. The average Bonchev–Trinajstić information content (AvgIpc) is 2.91. The van der Waals surface area contributed by atoms with Gasteiger partial charge in [-0.15, -0.1) is 0 Å². The third-order valence-corrected chi connectivity index (χ3v) is 13.7. The fourth-order valence-electron chi connectivity index (χ4n) is 2.80. The molecule has 0 bridgehead atoms. The molecular formula is C16H16Ge. The average molecular weight is 281 g/mol. The molecule has 0 aromatic heterocycles. The molecule has 0 atom stereocenters. The van der Waals surface area contributed by atoms with Gasteiger partial charge in [0.1, 0.15) is 0 Å². The summed E-state index contributed by atoms with van der Waals surface area (Å²) in [5.74, 6) is 0. The van der Waals surface area contributed by atoms with Gasteiger partial charge in [-0.2, -0.15) is 0 Å². The van der Waals surface area contributed by atoms with Gasteiger partial charge in [0, 0.05) is 0 Å². The van der Waals surface area contributed by atoms with E-state index in [0.29, 0.717) is 0 Å². The van der Waals surface area contributed by atoms with E-state index in [4.69, 9.17) is 0 Å². The van der Waals surface area contributed by atoms with E-state index in [0.717, 1.165) is 0 Å². The van der Waals surface area contributed by atoms with Crippen LogP contribution in [0.5, 0.6) is 0 Å². The molecule has 84 valence electrons. The summed E-state index contributed by atoms with van der Waals surface area (Å²) < 4.78 is 3.23. The van der Waals surface area contributed by atoms with Gasteiger partial charge in [0.05, 0.1) is 0 Å². The van der Waals surface area contributed by atoms with E-state index in [9.17, 15) is 0 Å². The van der Waals surface area contributed by atoms with Gasteiger partial charge < -0.3 is 0 Å². The van der Waals surface area contributed by atoms with Crippen LogP contribution in [-0.2, 0) is 0 Å². The van der Waals surface area contributed by atoms with Crippen LogP contribution in [0.1, 0.15) is 0 Å². The van der Waals surface area contributed by atoms with Crippen molar-refractivity contribution < 1.29 is 0 Å². The molecule has 0 saturated carbocycles. The Hall–Kier alpha value is -1.28. The minimum atomic E-state index is -2.08. The van der Waals surface area contributed by atoms with Crippen molar-refractivity contribution in [1.29, 1.82) is 0 Å². The number of rotatable bonds is 2. The molecule has 0 saturated heterocycles. The van der Waals surface area contributed by atoms with Crippen LogP contribution in [-0.4, -0.2) is 13.3 Å². The molecule has 0 fully saturated rings. The molecule has 17 heavy (non-hydrogen) atoms. The van der Waals surface area contributed by atoms with Gasteiger partial charge in [0.25, 0.3) is 0 Å². The van der Waals surface area contributed by atoms with E-state index in [1.54, 1.807) is 8.79 Å². The number of hydrogen-bond acceptors (Lipinski definition) is 0. The first-order chi connectivity index (χ1) is 8.42. The van der Waals surface area contributed by atoms with Crippen LogP contribution < -0.4 is 8.79 Å². The van der Waals surface area contributed by atoms with Gasteiger partial charge in [-0.3, -0.25) is 0 Å². The Morgan fingerprint density at radius 1 is 0.588 bits per heavy atom. The quantitative estimate of drug-likeness (QED) is 0.586. The van der Waals surface area contributed by atoms with Gasteiger partial charge in [-0.25, -0.2) is 0 Å². The van der Waals surface area contributed by atoms with Crippen LogP contribution >= 0.6 is 0 Å². The second kappa shape index (κ2) is 4.54. The topological polar surface area (TPSA) is 0 Å². The summed E-state index contributed by atoms with van der Waals surface area (Å²) in [7, 11) is 0. The van der Waals surface area contributed by atoms with Crippen molar-refractivity contribution in [2.24, 2.45) is 0 Å². The molecule has 1 heterocycles. The van der Waals surface area contributed by atoms with Gasteiger partial charge in [0.2, 0.25) is 0 Å². The third kappa shape index (κ3) is 1.87. The standard InChI is InChI=1S/C16H16Ge/c1-3-9-15(10-4-1)17(13-7-8-14-17)16-11-5-2-6-12-16/h1-12H,13-14H2. The Morgan fingerprint density at radius 3 is 1.41 bits per heavy atom. The van der Waals surface area contributed by atoms with E-state index in [-0.39, 0.29) is 0 Å². The number of allylic oxidation sites excluding steroid dienone is 2. The fourth-order valence-corrected chi connectivity index (χ4v) is 11.7. The third-order valence-electron chi connectivity index (χ3n) is 3.75. The van der Waals surface area contributed by atoms with E-state index < -0.39 is 13.3 Å². The van der Waals surface area contributed by atoms with E-state index in [1.165, 1.54) is 10.5 Å². The van der Waals surface area contributed by atoms with Crippen molar-refractivity contribution in [2.75, 3.05) is 0 Å². The first kappa shape index (κ1) is 10.9. The predicted molar refractivity (Wildman–Crippen MR) is 76.7 cm³/mol. The SMILES string of the molecule is C1=C[CH2][Ge]([c]2ccccc2)([c]2ccccc2)[CH2]1. The van der Waals surface area contributed by atoms with Crippen molar-refractivity contribution in [3.8, 4) is 0 Å². The van der Waals surface area contributed by atoms with Crippen molar-refractivity contribution in [2.45, 2.75) is 10.5 Å². The Balaban J connectivity index is 2.12. The second-order valence-electron chi connectivity index (χ2n) is 4.69. The zero-order valence-corrected chi connectivity index (χ0v) is 11.9. The van der Waals surface area contributed by atoms with Gasteiger partial charge in [-0.05, 0) is 0 Å². The Bertz CT molecular complexity index is 464. The van der Waals surface area contributed by atoms with Gasteiger partial charge in [0.15, 0.2) is 0 Å². The molecule has 0 N–H and O–H groups in total. The predicted octanol–water partition coefficient (Wildman–Crippen LogP) is 2.82. The molecule has 1 aliphatic rings. The fraction of sp³-hybridized carbons (Fsp3) is 0.125. The van der Waals surface area contributed by atoms with Crippen LogP contribution in [0.2, 0.25) is 10.5 Å². The molecule has 2 aromatic rings. The molecule has 2 aromatic carbocycles. The van der Waals surface area contributed by atoms with Gasteiger partial charge in [-0.1, -0.05) is 0 Å². The molecule has 0 nitrogen and oxygen atoms in total. The second-order valence-corrected chi connectivity index (χ2v) is 13.4. The molecule has 1 aliphatic heterocycles. The van der Waals surface area contributed by atoms with Crippen molar-refractivity contribution in [3.63, 3.8) is 0 Å². The van der Waals surface area contributed by atoms with Crippen molar-refractivity contribution in [3.05, 3.63) is 72.8 Å². The van der Waals surface area contributed by atoms with Crippen LogP contribution in [0, 0.1) is 0 Å². The summed E-state index contributed by atoms with van der Waals surface area (Å²) in [5, 5.41) is 2.60. The molecular weight excluding hydrogens is 265 g/mol. The monoisotopic (exact) mass is 282 g/mol. The summed E-state index contributed by atoms with van der Waals surface area (Å²) >= 11 is -2.08. The van der Waals surface area contributed by atoms with Crippen molar-refractivity contribution >= 4 is 22.1 Å². The van der Waals surface area contributed by atoms with Crippen LogP contribution in [0.4, 0.5) is 0 Å². The summed E-state index contributed by atoms with van der Waals surface area (Å²) in [5.41, 5.74) is 0. The van der Waals surface area contributed by atoms with Crippen molar-refractivity contribution in [1.82, 2.24) is 0 Å². The number of hydrogen-bond donors (Lipinski definition) is 0. The van der Waals surface area contributed by atoms with Crippen LogP contribution in [0.3, 0.4) is 0 Å². The van der Waals surface area contributed by atoms with Crippen LogP contribution in [0.25, 0.3) is 0 Å². The zero-order valence-electron chi connectivity index (χ0n) is 9.84. The Labute approximate surface area is 105 Å². The molecule has 0 aliphatic carbocycles. The van der Waals surface area contributed by atoms with E-state index in [1.807, 2.05) is 0 Å². The molecule has 3 rings (SSSR count). The van der Waals surface area contributed by atoms with Crippen LogP contribution in [0.15, 0.2) is 72.8 Å². The summed E-state index contributed by atoms with van der Waals surface area (Å²) in [6.07, 6.45) is 4.78. The Morgan fingerprint density at radius 2 is 1.00 bits per heavy atom. The summed E-state index contributed by atoms with van der Waals surface area (Å²) in [4.78, 5) is 0. The molecule has 0 unspecified atom stereocenters. The van der Waals surface area contributed by atoms with Gasteiger partial charge >= 0.3 is 105 Å². The maximum atomic E-state index is 2.39. The molecule has 0 spiro atoms. The molecule has 0 radical (unpaired) electrons. The number of benzene rings is 2. The first-order valence-electron chi connectivity index (χ1n) is 6.18.